The minimum Gasteiger partial charge on any atom is -0.339 e. The van der Waals surface area contributed by atoms with E-state index in [4.69, 9.17) is 4.99 Å². The molecule has 2 aromatic heterocycles. The van der Waals surface area contributed by atoms with E-state index in [0.29, 0.717) is 0 Å². The number of aliphatic imine (C=N–C) groups is 1. The van der Waals surface area contributed by atoms with Gasteiger partial charge in [0.05, 0.1) is 16.7 Å². The molecule has 198 valence electrons. The van der Waals surface area contributed by atoms with Gasteiger partial charge in [-0.05, 0) is 54.1 Å². The van der Waals surface area contributed by atoms with E-state index in [1.807, 2.05) is 11.3 Å². The fraction of sp³-hybridized carbons (Fsp3) is 0.0263. The van der Waals surface area contributed by atoms with Gasteiger partial charge >= 0.3 is 0 Å². The van der Waals surface area contributed by atoms with E-state index in [9.17, 15) is 0 Å². The van der Waals surface area contributed by atoms with Gasteiger partial charge in [-0.25, -0.2) is 0 Å². The molecule has 0 amide bonds. The monoisotopic (exact) mass is 555 g/mol. The van der Waals surface area contributed by atoms with Crippen LogP contribution in [0, 0.1) is 0 Å². The van der Waals surface area contributed by atoms with Crippen LogP contribution in [-0.2, 0) is 0 Å². The minimum atomic E-state index is -0.0955. The van der Waals surface area contributed by atoms with Crippen LogP contribution in [0.25, 0.3) is 47.7 Å². The van der Waals surface area contributed by atoms with Gasteiger partial charge in [0.25, 0.3) is 0 Å². The van der Waals surface area contributed by atoms with Crippen LogP contribution in [-0.4, -0.2) is 10.4 Å². The quantitative estimate of drug-likeness (QED) is 0.231. The number of nitrogens with one attached hydrogen (secondary N) is 1. The number of aromatic nitrogens is 1. The van der Waals surface area contributed by atoms with E-state index in [2.05, 4.69) is 149 Å². The Bertz CT molecular complexity index is 2330. The molecule has 3 heterocycles. The van der Waals surface area contributed by atoms with Crippen molar-refractivity contribution >= 4 is 64.8 Å². The molecule has 42 heavy (non-hydrogen) atoms. The topological polar surface area (TPSA) is 29.3 Å². The molecule has 0 saturated heterocycles. The molecule has 6 aromatic carbocycles. The summed E-state index contributed by atoms with van der Waals surface area (Å²) in [5.74, 6) is 0.901. The maximum absolute atomic E-state index is 5.39. The van der Waals surface area contributed by atoms with Crippen LogP contribution >= 0.6 is 11.3 Å². The molecule has 0 saturated carbocycles. The first kappa shape index (κ1) is 23.5. The Morgan fingerprint density at radius 1 is 0.595 bits per heavy atom. The average Bonchev–Trinajstić information content (AvgIpc) is 3.61. The Labute approximate surface area is 247 Å². The minimum absolute atomic E-state index is 0.0955. The van der Waals surface area contributed by atoms with Gasteiger partial charge in [0.1, 0.15) is 11.9 Å². The van der Waals surface area contributed by atoms with E-state index in [-0.39, 0.29) is 6.04 Å². The molecule has 0 spiro atoms. The fourth-order valence-electron chi connectivity index (χ4n) is 6.56. The van der Waals surface area contributed by atoms with Gasteiger partial charge in [0.2, 0.25) is 0 Å². The van der Waals surface area contributed by atoms with Crippen LogP contribution in [0.4, 0.5) is 5.69 Å². The van der Waals surface area contributed by atoms with Gasteiger partial charge in [-0.1, -0.05) is 91.0 Å². The van der Waals surface area contributed by atoms with Crippen molar-refractivity contribution in [1.29, 1.82) is 0 Å². The number of amidine groups is 1. The maximum Gasteiger partial charge on any atom is 0.133 e. The highest BCUT2D eigenvalue weighted by atomic mass is 32.1. The number of benzene rings is 6. The molecule has 1 aliphatic rings. The van der Waals surface area contributed by atoms with Gasteiger partial charge in [0, 0.05) is 47.8 Å². The summed E-state index contributed by atoms with van der Waals surface area (Å²) in [4.78, 5) is 5.39. The number of thiophene rings is 1. The molecule has 0 bridgehead atoms. The summed E-state index contributed by atoms with van der Waals surface area (Å²) < 4.78 is 4.95. The van der Waals surface area contributed by atoms with Crippen molar-refractivity contribution in [1.82, 2.24) is 4.57 Å². The zero-order valence-corrected chi connectivity index (χ0v) is 23.5. The van der Waals surface area contributed by atoms with Crippen LogP contribution in [0.5, 0.6) is 0 Å². The third kappa shape index (κ3) is 3.49. The fourth-order valence-corrected chi connectivity index (χ4v) is 7.67. The molecule has 0 aliphatic carbocycles. The summed E-state index contributed by atoms with van der Waals surface area (Å²) >= 11 is 1.85. The van der Waals surface area contributed by atoms with Crippen molar-refractivity contribution in [2.45, 2.75) is 6.04 Å². The van der Waals surface area contributed by atoms with Crippen molar-refractivity contribution in [2.75, 3.05) is 5.32 Å². The maximum atomic E-state index is 5.39. The Hall–Kier alpha value is -5.19. The molecule has 4 heteroatoms. The van der Waals surface area contributed by atoms with Crippen LogP contribution in [0.15, 0.2) is 145 Å². The van der Waals surface area contributed by atoms with Gasteiger partial charge in [-0.15, -0.1) is 11.3 Å². The summed E-state index contributed by atoms with van der Waals surface area (Å²) in [7, 11) is 0. The Morgan fingerprint density at radius 2 is 1.31 bits per heavy atom. The molecule has 1 atom stereocenters. The van der Waals surface area contributed by atoms with Gasteiger partial charge in [0.15, 0.2) is 0 Å². The standard InChI is InChI=1S/C38H25N3S/c1-3-11-24(12-4-1)36-29-20-22-34-35(28-16-8-10-18-33(28)42-34)37(29)40-38(39-36)25-19-21-32-30(23-25)27-15-7-9-17-31(27)41(32)26-13-5-2-6-14-26/h1-23,36H,(H,39,40). The highest BCUT2D eigenvalue weighted by Crippen LogP contribution is 2.45. The predicted molar refractivity (Wildman–Crippen MR) is 179 cm³/mol. The molecule has 0 radical (unpaired) electrons. The first-order valence-electron chi connectivity index (χ1n) is 14.3. The Kier molecular flexibility index (Phi) is 5.13. The van der Waals surface area contributed by atoms with E-state index in [0.717, 1.165) is 22.8 Å². The summed E-state index contributed by atoms with van der Waals surface area (Å²) in [5, 5.41) is 8.86. The number of hydrogen-bond donors (Lipinski definition) is 1. The van der Waals surface area contributed by atoms with Crippen molar-refractivity contribution < 1.29 is 0 Å². The lowest BCUT2D eigenvalue weighted by Gasteiger charge is -2.27. The van der Waals surface area contributed by atoms with Crippen molar-refractivity contribution in [3.63, 3.8) is 0 Å². The molecular formula is C38H25N3S. The second kappa shape index (κ2) is 9.16. The normalized spacial score (nSPS) is 14.8. The first-order chi connectivity index (χ1) is 20.8. The number of fused-ring (bicyclic) bond motifs is 8. The van der Waals surface area contributed by atoms with Crippen LogP contribution in [0.3, 0.4) is 0 Å². The summed E-state index contributed by atoms with van der Waals surface area (Å²) in [6.07, 6.45) is 0. The van der Waals surface area contributed by atoms with Crippen LogP contribution in [0.2, 0.25) is 0 Å². The zero-order chi connectivity index (χ0) is 27.6. The van der Waals surface area contributed by atoms with Crippen molar-refractivity contribution in [2.24, 2.45) is 4.99 Å². The highest BCUT2D eigenvalue weighted by molar-refractivity contribution is 7.26. The molecule has 0 fully saturated rings. The van der Waals surface area contributed by atoms with Gasteiger partial charge in [-0.2, -0.15) is 0 Å². The number of hydrogen-bond acceptors (Lipinski definition) is 3. The number of rotatable bonds is 3. The lowest BCUT2D eigenvalue weighted by atomic mass is 9.93. The van der Waals surface area contributed by atoms with Crippen LogP contribution < -0.4 is 5.32 Å². The number of para-hydroxylation sites is 2. The third-order valence-electron chi connectivity index (χ3n) is 8.45. The van der Waals surface area contributed by atoms with E-state index >= 15 is 0 Å². The molecule has 1 aliphatic heterocycles. The molecule has 1 N–H and O–H groups in total. The van der Waals surface area contributed by atoms with E-state index < -0.39 is 0 Å². The lowest BCUT2D eigenvalue weighted by Crippen LogP contribution is -2.22. The number of anilines is 1. The van der Waals surface area contributed by atoms with Crippen molar-refractivity contribution in [3.8, 4) is 5.69 Å². The zero-order valence-electron chi connectivity index (χ0n) is 22.7. The Balaban J connectivity index is 1.28. The van der Waals surface area contributed by atoms with E-state index in [1.165, 1.54) is 53.1 Å². The molecular weight excluding hydrogens is 531 g/mol. The van der Waals surface area contributed by atoms with Crippen molar-refractivity contribution in [3.05, 3.63) is 156 Å². The van der Waals surface area contributed by atoms with Gasteiger partial charge in [-0.3, -0.25) is 4.99 Å². The van der Waals surface area contributed by atoms with Crippen LogP contribution in [0.1, 0.15) is 22.7 Å². The average molecular weight is 556 g/mol. The second-order valence-electron chi connectivity index (χ2n) is 10.8. The van der Waals surface area contributed by atoms with E-state index in [1.54, 1.807) is 0 Å². The highest BCUT2D eigenvalue weighted by Gasteiger charge is 2.27. The summed E-state index contributed by atoms with van der Waals surface area (Å²) in [5.41, 5.74) is 8.20. The molecule has 8 aromatic rings. The summed E-state index contributed by atoms with van der Waals surface area (Å²) in [6.45, 7) is 0. The smallest absolute Gasteiger partial charge is 0.133 e. The Morgan fingerprint density at radius 3 is 2.17 bits per heavy atom. The van der Waals surface area contributed by atoms with Gasteiger partial charge < -0.3 is 9.88 Å². The molecule has 9 rings (SSSR count). The lowest BCUT2D eigenvalue weighted by molar-refractivity contribution is 0.866. The third-order valence-corrected chi connectivity index (χ3v) is 9.58. The predicted octanol–water partition coefficient (Wildman–Crippen LogP) is 10.1. The SMILES string of the molecule is c1ccc(C2N=C(c3ccc4c(c3)c3ccccc3n4-c3ccccc3)Nc3c2ccc2sc4ccccc4c32)cc1. The summed E-state index contributed by atoms with van der Waals surface area (Å²) in [6, 6.07) is 49.8. The number of nitrogens with zero attached hydrogens (tertiary/aromatic N) is 2. The first-order valence-corrected chi connectivity index (χ1v) is 15.1. The molecule has 3 nitrogen and oxygen atoms in total. The largest absolute Gasteiger partial charge is 0.339 e. The molecule has 1 unspecified atom stereocenters. The second-order valence-corrected chi connectivity index (χ2v) is 11.9.